The molecule has 0 aromatic carbocycles. The van der Waals surface area contributed by atoms with Gasteiger partial charge in [0, 0.05) is 16.8 Å². The maximum absolute atomic E-state index is 11.7. The highest BCUT2D eigenvalue weighted by molar-refractivity contribution is 7.14. The molecule has 1 rings (SSSR count). The Morgan fingerprint density at radius 2 is 2.25 bits per heavy atom. The minimum absolute atomic E-state index is 0.0150. The fraction of sp³-hybridized carbons (Fsp3) is 0.583. The fourth-order valence-electron chi connectivity index (χ4n) is 1.32. The van der Waals surface area contributed by atoms with E-state index in [4.69, 9.17) is 11.6 Å². The molecule has 0 bridgehead atoms. The van der Waals surface area contributed by atoms with E-state index < -0.39 is 0 Å². The predicted molar refractivity (Wildman–Crippen MR) is 70.7 cm³/mol. The molecule has 0 saturated carbocycles. The van der Waals surface area contributed by atoms with Gasteiger partial charge in [-0.1, -0.05) is 6.92 Å². The summed E-state index contributed by atoms with van der Waals surface area (Å²) >= 11 is 7.52. The van der Waals surface area contributed by atoms with Gasteiger partial charge in [0.2, 0.25) is 0 Å². The van der Waals surface area contributed by atoms with Gasteiger partial charge in [-0.05, 0) is 38.3 Å². The number of rotatable bonds is 5. The van der Waals surface area contributed by atoms with Crippen molar-refractivity contribution in [1.82, 2.24) is 5.32 Å². The minimum atomic E-state index is 0.0150. The van der Waals surface area contributed by atoms with E-state index in [0.29, 0.717) is 6.54 Å². The third-order valence-electron chi connectivity index (χ3n) is 2.58. The Labute approximate surface area is 106 Å². The molecule has 0 spiro atoms. The Bertz CT molecular complexity index is 342. The van der Waals surface area contributed by atoms with Gasteiger partial charge < -0.3 is 5.32 Å². The number of hydrogen-bond donors (Lipinski definition) is 1. The monoisotopic (exact) mass is 259 g/mol. The van der Waals surface area contributed by atoms with Crippen LogP contribution in [0.1, 0.15) is 39.9 Å². The summed E-state index contributed by atoms with van der Waals surface area (Å²) in [5.74, 6) is 0.0150. The first-order chi connectivity index (χ1) is 7.54. The molecule has 1 aromatic heterocycles. The number of hydrogen-bond acceptors (Lipinski definition) is 2. The molecule has 1 atom stereocenters. The number of aryl methyl sites for hydroxylation is 2. The molecular weight excluding hydrogens is 242 g/mol. The number of thiophene rings is 1. The topological polar surface area (TPSA) is 29.1 Å². The van der Waals surface area contributed by atoms with Crippen molar-refractivity contribution in [2.75, 3.05) is 6.54 Å². The summed E-state index contributed by atoms with van der Waals surface area (Å²) in [6.07, 6.45) is 1.77. The number of carbonyl (C=O) groups is 1. The first-order valence-corrected chi connectivity index (χ1v) is 6.79. The van der Waals surface area contributed by atoms with Crippen molar-refractivity contribution in [3.05, 3.63) is 21.4 Å². The lowest BCUT2D eigenvalue weighted by atomic mass is 10.2. The zero-order valence-electron chi connectivity index (χ0n) is 9.97. The van der Waals surface area contributed by atoms with Gasteiger partial charge in [-0.2, -0.15) is 0 Å². The highest BCUT2D eigenvalue weighted by atomic mass is 35.5. The van der Waals surface area contributed by atoms with Crippen LogP contribution in [0.4, 0.5) is 0 Å². The molecule has 0 aliphatic heterocycles. The molecule has 0 fully saturated rings. The molecule has 2 nitrogen and oxygen atoms in total. The van der Waals surface area contributed by atoms with Gasteiger partial charge in [0.1, 0.15) is 0 Å². The molecule has 1 aromatic rings. The van der Waals surface area contributed by atoms with Gasteiger partial charge in [-0.25, -0.2) is 0 Å². The largest absolute Gasteiger partial charge is 0.351 e. The number of nitrogens with one attached hydrogen (secondary N) is 1. The van der Waals surface area contributed by atoms with Crippen molar-refractivity contribution in [1.29, 1.82) is 0 Å². The molecule has 1 N–H and O–H groups in total. The summed E-state index contributed by atoms with van der Waals surface area (Å²) in [5.41, 5.74) is 1.18. The molecule has 16 heavy (non-hydrogen) atoms. The molecule has 0 radical (unpaired) electrons. The molecule has 90 valence electrons. The van der Waals surface area contributed by atoms with Crippen LogP contribution in [0.3, 0.4) is 0 Å². The van der Waals surface area contributed by atoms with E-state index in [1.807, 2.05) is 26.8 Å². The summed E-state index contributed by atoms with van der Waals surface area (Å²) in [4.78, 5) is 13.7. The van der Waals surface area contributed by atoms with Gasteiger partial charge in [-0.15, -0.1) is 22.9 Å². The van der Waals surface area contributed by atoms with Crippen LogP contribution >= 0.6 is 22.9 Å². The average Bonchev–Trinajstić information content (AvgIpc) is 2.59. The van der Waals surface area contributed by atoms with E-state index in [9.17, 15) is 4.79 Å². The molecule has 0 aliphatic rings. The fourth-order valence-corrected chi connectivity index (χ4v) is 2.38. The highest BCUT2D eigenvalue weighted by Crippen LogP contribution is 2.20. The molecule has 0 aliphatic carbocycles. The van der Waals surface area contributed by atoms with Crippen molar-refractivity contribution in [3.63, 3.8) is 0 Å². The highest BCUT2D eigenvalue weighted by Gasteiger charge is 2.10. The first kappa shape index (κ1) is 13.5. The standard InChI is InChI=1S/C12H18ClNOS/c1-4-10(13)5-6-14-12(15)11-7-8(2)9(3)16-11/h7,10H,4-6H2,1-3H3,(H,14,15). The van der Waals surface area contributed by atoms with Crippen LogP contribution in [-0.2, 0) is 0 Å². The Balaban J connectivity index is 2.41. The van der Waals surface area contributed by atoms with E-state index in [-0.39, 0.29) is 11.3 Å². The number of halogens is 1. The first-order valence-electron chi connectivity index (χ1n) is 5.54. The maximum atomic E-state index is 11.7. The predicted octanol–water partition coefficient (Wildman–Crippen LogP) is 3.50. The van der Waals surface area contributed by atoms with Crippen molar-refractivity contribution < 1.29 is 4.79 Å². The molecular formula is C12H18ClNOS. The second-order valence-electron chi connectivity index (χ2n) is 3.90. The van der Waals surface area contributed by atoms with Crippen LogP contribution in [0.5, 0.6) is 0 Å². The Hall–Kier alpha value is -0.540. The van der Waals surface area contributed by atoms with Crippen LogP contribution in [0.15, 0.2) is 6.07 Å². The van der Waals surface area contributed by atoms with Crippen LogP contribution in [-0.4, -0.2) is 17.8 Å². The van der Waals surface area contributed by atoms with E-state index >= 15 is 0 Å². The van der Waals surface area contributed by atoms with Gasteiger partial charge in [0.15, 0.2) is 0 Å². The Kier molecular flexibility index (Phi) is 5.29. The Morgan fingerprint density at radius 1 is 1.56 bits per heavy atom. The summed E-state index contributed by atoms with van der Waals surface area (Å²) < 4.78 is 0. The minimum Gasteiger partial charge on any atom is -0.351 e. The van der Waals surface area contributed by atoms with Crippen LogP contribution in [0, 0.1) is 13.8 Å². The van der Waals surface area contributed by atoms with E-state index in [0.717, 1.165) is 17.7 Å². The van der Waals surface area contributed by atoms with Crippen molar-refractivity contribution in [2.45, 2.75) is 39.0 Å². The van der Waals surface area contributed by atoms with Gasteiger partial charge in [0.05, 0.1) is 4.88 Å². The quantitative estimate of drug-likeness (QED) is 0.806. The lowest BCUT2D eigenvalue weighted by molar-refractivity contribution is 0.0957. The van der Waals surface area contributed by atoms with Crippen LogP contribution in [0.2, 0.25) is 0 Å². The van der Waals surface area contributed by atoms with E-state index in [2.05, 4.69) is 5.32 Å². The zero-order chi connectivity index (χ0) is 12.1. The summed E-state index contributed by atoms with van der Waals surface area (Å²) in [6.45, 7) is 6.75. The van der Waals surface area contributed by atoms with E-state index in [1.54, 1.807) is 11.3 Å². The Morgan fingerprint density at radius 3 is 2.75 bits per heavy atom. The number of carbonyl (C=O) groups excluding carboxylic acids is 1. The molecule has 0 saturated heterocycles. The van der Waals surface area contributed by atoms with Crippen molar-refractivity contribution in [2.24, 2.45) is 0 Å². The summed E-state index contributed by atoms with van der Waals surface area (Å²) in [6, 6.07) is 1.94. The number of amides is 1. The van der Waals surface area contributed by atoms with Gasteiger partial charge >= 0.3 is 0 Å². The molecule has 1 unspecified atom stereocenters. The van der Waals surface area contributed by atoms with Crippen LogP contribution in [0.25, 0.3) is 0 Å². The average molecular weight is 260 g/mol. The third-order valence-corrected chi connectivity index (χ3v) is 4.25. The van der Waals surface area contributed by atoms with Crippen molar-refractivity contribution >= 4 is 28.8 Å². The second kappa shape index (κ2) is 6.26. The van der Waals surface area contributed by atoms with Gasteiger partial charge in [-0.3, -0.25) is 4.79 Å². The second-order valence-corrected chi connectivity index (χ2v) is 5.77. The summed E-state index contributed by atoms with van der Waals surface area (Å²) in [7, 11) is 0. The maximum Gasteiger partial charge on any atom is 0.261 e. The van der Waals surface area contributed by atoms with Crippen LogP contribution < -0.4 is 5.32 Å². The SMILES string of the molecule is CCC(Cl)CCNC(=O)c1cc(C)c(C)s1. The lowest BCUT2D eigenvalue weighted by Crippen LogP contribution is -2.25. The molecule has 4 heteroatoms. The third kappa shape index (κ3) is 3.80. The van der Waals surface area contributed by atoms with Gasteiger partial charge in [0.25, 0.3) is 5.91 Å². The molecule has 1 heterocycles. The lowest BCUT2D eigenvalue weighted by Gasteiger charge is -2.06. The smallest absolute Gasteiger partial charge is 0.261 e. The number of alkyl halides is 1. The molecule has 1 amide bonds. The van der Waals surface area contributed by atoms with Crippen molar-refractivity contribution in [3.8, 4) is 0 Å². The normalized spacial score (nSPS) is 12.5. The summed E-state index contributed by atoms with van der Waals surface area (Å²) in [5, 5.41) is 3.05. The van der Waals surface area contributed by atoms with E-state index in [1.165, 1.54) is 10.4 Å². The zero-order valence-corrected chi connectivity index (χ0v) is 11.5.